The van der Waals surface area contributed by atoms with Crippen molar-refractivity contribution in [3.05, 3.63) is 24.2 Å². The van der Waals surface area contributed by atoms with Gasteiger partial charge in [-0.2, -0.15) is 0 Å². The van der Waals surface area contributed by atoms with Crippen molar-refractivity contribution in [1.82, 2.24) is 5.32 Å². The molecule has 1 heterocycles. The molecule has 13 heavy (non-hydrogen) atoms. The lowest BCUT2D eigenvalue weighted by atomic mass is 10.3. The van der Waals surface area contributed by atoms with Gasteiger partial charge >= 0.3 is 0 Å². The van der Waals surface area contributed by atoms with Crippen LogP contribution < -0.4 is 5.32 Å². The van der Waals surface area contributed by atoms with Crippen molar-refractivity contribution in [1.29, 1.82) is 0 Å². The lowest BCUT2D eigenvalue weighted by Crippen LogP contribution is -2.31. The summed E-state index contributed by atoms with van der Waals surface area (Å²) in [5.41, 5.74) is 0. The second-order valence-corrected chi connectivity index (χ2v) is 2.61. The van der Waals surface area contributed by atoms with Crippen LogP contribution in [0.25, 0.3) is 0 Å². The van der Waals surface area contributed by atoms with Gasteiger partial charge in [0.25, 0.3) is 6.43 Å². The molecule has 3 nitrogen and oxygen atoms in total. The van der Waals surface area contributed by atoms with Crippen molar-refractivity contribution in [3.63, 3.8) is 0 Å². The highest BCUT2D eigenvalue weighted by Crippen LogP contribution is 2.01. The van der Waals surface area contributed by atoms with Gasteiger partial charge in [-0.05, 0) is 12.1 Å². The third-order valence-electron chi connectivity index (χ3n) is 1.52. The molecular formula is C8H11F2NO2. The van der Waals surface area contributed by atoms with E-state index in [0.717, 1.165) is 0 Å². The van der Waals surface area contributed by atoms with Gasteiger partial charge < -0.3 is 14.8 Å². The molecule has 0 bridgehead atoms. The van der Waals surface area contributed by atoms with Crippen molar-refractivity contribution in [2.45, 2.75) is 19.1 Å². The Bertz CT molecular complexity index is 226. The smallest absolute Gasteiger partial charge is 0.265 e. The molecule has 0 fully saturated rings. The molecule has 0 aliphatic heterocycles. The highest BCUT2D eigenvalue weighted by atomic mass is 19.3. The van der Waals surface area contributed by atoms with Crippen LogP contribution in [0.3, 0.4) is 0 Å². The highest BCUT2D eigenvalue weighted by Gasteiger charge is 2.15. The first-order chi connectivity index (χ1) is 6.20. The Hall–Kier alpha value is -0.940. The molecule has 0 saturated carbocycles. The van der Waals surface area contributed by atoms with E-state index in [-0.39, 0.29) is 6.54 Å². The Morgan fingerprint density at radius 3 is 2.85 bits per heavy atom. The Balaban J connectivity index is 2.14. The van der Waals surface area contributed by atoms with Crippen LogP contribution in [0.1, 0.15) is 5.76 Å². The fourth-order valence-corrected chi connectivity index (χ4v) is 0.846. The second kappa shape index (κ2) is 4.94. The summed E-state index contributed by atoms with van der Waals surface area (Å²) in [7, 11) is 0. The Morgan fingerprint density at radius 1 is 1.54 bits per heavy atom. The first-order valence-electron chi connectivity index (χ1n) is 3.89. The summed E-state index contributed by atoms with van der Waals surface area (Å²) >= 11 is 0. The van der Waals surface area contributed by atoms with Gasteiger partial charge in [0.2, 0.25) is 0 Å². The predicted octanol–water partition coefficient (Wildman–Crippen LogP) is 0.995. The van der Waals surface area contributed by atoms with Gasteiger partial charge in [0, 0.05) is 6.54 Å². The minimum Gasteiger partial charge on any atom is -0.468 e. The summed E-state index contributed by atoms with van der Waals surface area (Å²) in [6, 6.07) is 3.43. The second-order valence-electron chi connectivity index (χ2n) is 2.61. The van der Waals surface area contributed by atoms with E-state index in [1.807, 2.05) is 0 Å². The first kappa shape index (κ1) is 10.1. The van der Waals surface area contributed by atoms with Crippen LogP contribution in [0.4, 0.5) is 8.78 Å². The third kappa shape index (κ3) is 3.52. The Kier molecular flexibility index (Phi) is 3.85. The maximum atomic E-state index is 11.8. The van der Waals surface area contributed by atoms with Gasteiger partial charge in [0.05, 0.1) is 12.8 Å². The Morgan fingerprint density at radius 2 is 2.31 bits per heavy atom. The van der Waals surface area contributed by atoms with Crippen LogP contribution in [0.5, 0.6) is 0 Å². The average molecular weight is 191 g/mol. The number of furan rings is 1. The number of hydrogen-bond donors (Lipinski definition) is 2. The van der Waals surface area contributed by atoms with E-state index < -0.39 is 12.5 Å². The molecule has 0 spiro atoms. The normalized spacial score (nSPS) is 13.5. The maximum Gasteiger partial charge on any atom is 0.265 e. The van der Waals surface area contributed by atoms with E-state index in [9.17, 15) is 8.78 Å². The molecule has 1 unspecified atom stereocenters. The number of halogens is 2. The molecule has 0 saturated heterocycles. The fraction of sp³-hybridized carbons (Fsp3) is 0.500. The topological polar surface area (TPSA) is 45.4 Å². The molecule has 1 aromatic rings. The first-order valence-corrected chi connectivity index (χ1v) is 3.89. The zero-order valence-corrected chi connectivity index (χ0v) is 6.91. The van der Waals surface area contributed by atoms with Gasteiger partial charge in [-0.3, -0.25) is 0 Å². The number of aliphatic hydroxyl groups is 1. The molecule has 74 valence electrons. The summed E-state index contributed by atoms with van der Waals surface area (Å²) in [6.07, 6.45) is -2.82. The third-order valence-corrected chi connectivity index (χ3v) is 1.52. The molecule has 0 radical (unpaired) electrons. The summed E-state index contributed by atoms with van der Waals surface area (Å²) < 4.78 is 28.5. The van der Waals surface area contributed by atoms with Crippen LogP contribution in [0.2, 0.25) is 0 Å². The SMILES string of the molecule is OC(CNCc1ccco1)C(F)F. The van der Waals surface area contributed by atoms with E-state index in [1.54, 1.807) is 12.1 Å². The maximum absolute atomic E-state index is 11.8. The van der Waals surface area contributed by atoms with Crippen molar-refractivity contribution >= 4 is 0 Å². The van der Waals surface area contributed by atoms with Crippen molar-refractivity contribution < 1.29 is 18.3 Å². The molecule has 1 atom stereocenters. The molecule has 1 aromatic heterocycles. The van der Waals surface area contributed by atoms with E-state index in [1.165, 1.54) is 6.26 Å². The average Bonchev–Trinajstić information content (AvgIpc) is 2.56. The van der Waals surface area contributed by atoms with Crippen LogP contribution in [-0.2, 0) is 6.54 Å². The standard InChI is InChI=1S/C8H11F2NO2/c9-8(10)7(12)5-11-4-6-2-1-3-13-6/h1-3,7-8,11-12H,4-5H2. The number of hydrogen-bond acceptors (Lipinski definition) is 3. The lowest BCUT2D eigenvalue weighted by molar-refractivity contribution is -0.00359. The minimum absolute atomic E-state index is 0.141. The van der Waals surface area contributed by atoms with Gasteiger partial charge in [0.15, 0.2) is 0 Å². The molecule has 0 amide bonds. The van der Waals surface area contributed by atoms with Crippen molar-refractivity contribution in [3.8, 4) is 0 Å². The molecule has 2 N–H and O–H groups in total. The van der Waals surface area contributed by atoms with Gasteiger partial charge in [0.1, 0.15) is 11.9 Å². The number of alkyl halides is 2. The van der Waals surface area contributed by atoms with E-state index in [4.69, 9.17) is 9.52 Å². The van der Waals surface area contributed by atoms with Crippen molar-refractivity contribution in [2.75, 3.05) is 6.54 Å². The zero-order chi connectivity index (χ0) is 9.68. The van der Waals surface area contributed by atoms with Crippen LogP contribution >= 0.6 is 0 Å². The molecule has 0 aromatic carbocycles. The van der Waals surface area contributed by atoms with Gasteiger partial charge in [-0.25, -0.2) is 8.78 Å². The highest BCUT2D eigenvalue weighted by molar-refractivity contribution is 4.97. The summed E-state index contributed by atoms with van der Waals surface area (Å²) in [5.74, 6) is 0.654. The number of aliphatic hydroxyl groups excluding tert-OH is 1. The largest absolute Gasteiger partial charge is 0.468 e. The summed E-state index contributed by atoms with van der Waals surface area (Å²) in [4.78, 5) is 0. The number of nitrogens with one attached hydrogen (secondary N) is 1. The molecule has 0 aliphatic rings. The fourth-order valence-electron chi connectivity index (χ4n) is 0.846. The van der Waals surface area contributed by atoms with Crippen LogP contribution in [-0.4, -0.2) is 24.2 Å². The summed E-state index contributed by atoms with van der Waals surface area (Å²) in [5, 5.41) is 11.4. The van der Waals surface area contributed by atoms with E-state index >= 15 is 0 Å². The van der Waals surface area contributed by atoms with Crippen LogP contribution in [0, 0.1) is 0 Å². The van der Waals surface area contributed by atoms with Gasteiger partial charge in [-0.1, -0.05) is 0 Å². The monoisotopic (exact) mass is 191 g/mol. The molecule has 0 aliphatic carbocycles. The predicted molar refractivity (Wildman–Crippen MR) is 42.4 cm³/mol. The lowest BCUT2D eigenvalue weighted by Gasteiger charge is -2.09. The quantitative estimate of drug-likeness (QED) is 0.729. The van der Waals surface area contributed by atoms with Crippen LogP contribution in [0.15, 0.2) is 22.8 Å². The van der Waals surface area contributed by atoms with Crippen molar-refractivity contribution in [2.24, 2.45) is 0 Å². The van der Waals surface area contributed by atoms with E-state index in [2.05, 4.69) is 5.32 Å². The minimum atomic E-state index is -2.70. The summed E-state index contributed by atoms with van der Waals surface area (Å²) in [6.45, 7) is 0.204. The molecule has 5 heteroatoms. The molecule has 1 rings (SSSR count). The van der Waals surface area contributed by atoms with E-state index in [0.29, 0.717) is 12.3 Å². The number of rotatable bonds is 5. The zero-order valence-electron chi connectivity index (χ0n) is 6.91. The van der Waals surface area contributed by atoms with Gasteiger partial charge in [-0.15, -0.1) is 0 Å². The molecular weight excluding hydrogens is 180 g/mol. The Labute approximate surface area is 74.4 Å².